The van der Waals surface area contributed by atoms with E-state index >= 15 is 4.39 Å². The van der Waals surface area contributed by atoms with E-state index in [1.807, 2.05) is 31.2 Å². The quantitative estimate of drug-likeness (QED) is 0.407. The molecule has 2 amide bonds. The SMILES string of the molecule is Cc1cccc([C@@H](CO)NC(=O)C(C)N2Cc3ccc(-c4ccnc(NC5CCOCC5)n4)c(F)c3C2=O)c1. The van der Waals surface area contributed by atoms with Crippen LogP contribution >= 0.6 is 0 Å². The van der Waals surface area contributed by atoms with Gasteiger partial charge in [-0.25, -0.2) is 14.4 Å². The zero-order valence-electron chi connectivity index (χ0n) is 22.0. The second kappa shape index (κ2) is 11.5. The first-order chi connectivity index (χ1) is 18.9. The van der Waals surface area contributed by atoms with E-state index in [0.717, 1.165) is 24.0 Å². The summed E-state index contributed by atoms with van der Waals surface area (Å²) in [6.07, 6.45) is 3.23. The molecule has 5 rings (SSSR count). The van der Waals surface area contributed by atoms with Gasteiger partial charge in [0.25, 0.3) is 5.91 Å². The Labute approximate surface area is 226 Å². The molecular weight excluding hydrogens is 501 g/mol. The molecule has 3 heterocycles. The Hall–Kier alpha value is -3.89. The van der Waals surface area contributed by atoms with Crippen LogP contribution in [0.4, 0.5) is 10.3 Å². The first kappa shape index (κ1) is 26.7. The van der Waals surface area contributed by atoms with E-state index in [4.69, 9.17) is 4.74 Å². The van der Waals surface area contributed by atoms with Crippen molar-refractivity contribution in [1.82, 2.24) is 20.2 Å². The largest absolute Gasteiger partial charge is 0.394 e. The van der Waals surface area contributed by atoms with E-state index in [1.165, 1.54) is 4.90 Å². The lowest BCUT2D eigenvalue weighted by atomic mass is 10.0. The topological polar surface area (TPSA) is 117 Å². The maximum atomic E-state index is 15.8. The minimum atomic E-state index is -0.874. The van der Waals surface area contributed by atoms with Gasteiger partial charge in [-0.2, -0.15) is 0 Å². The zero-order chi connectivity index (χ0) is 27.5. The van der Waals surface area contributed by atoms with Crippen molar-refractivity contribution in [2.75, 3.05) is 25.1 Å². The molecule has 2 aliphatic rings. The second-order valence-corrected chi connectivity index (χ2v) is 10.0. The summed E-state index contributed by atoms with van der Waals surface area (Å²) in [4.78, 5) is 36.5. The molecule has 3 aromatic rings. The average Bonchev–Trinajstić information content (AvgIpc) is 3.29. The molecule has 9 nitrogen and oxygen atoms in total. The van der Waals surface area contributed by atoms with Crippen LogP contribution in [0.2, 0.25) is 0 Å². The number of aryl methyl sites for hydroxylation is 1. The third kappa shape index (κ3) is 5.62. The van der Waals surface area contributed by atoms with Crippen molar-refractivity contribution in [1.29, 1.82) is 0 Å². The number of aliphatic hydroxyl groups is 1. The molecule has 0 saturated carbocycles. The summed E-state index contributed by atoms with van der Waals surface area (Å²) in [5, 5.41) is 16.0. The van der Waals surface area contributed by atoms with E-state index in [0.29, 0.717) is 30.4 Å². The Morgan fingerprint density at radius 1 is 1.23 bits per heavy atom. The Balaban J connectivity index is 1.32. The molecule has 1 unspecified atom stereocenters. The minimum absolute atomic E-state index is 0.0536. The Morgan fingerprint density at radius 2 is 2.03 bits per heavy atom. The van der Waals surface area contributed by atoms with Crippen LogP contribution in [0.15, 0.2) is 48.7 Å². The lowest BCUT2D eigenvalue weighted by Gasteiger charge is -2.26. The van der Waals surface area contributed by atoms with Crippen LogP contribution in [0.25, 0.3) is 11.3 Å². The molecule has 204 valence electrons. The van der Waals surface area contributed by atoms with E-state index in [1.54, 1.807) is 31.3 Å². The van der Waals surface area contributed by atoms with Crippen LogP contribution in [-0.2, 0) is 16.1 Å². The van der Waals surface area contributed by atoms with Gasteiger partial charge in [0.15, 0.2) is 0 Å². The standard InChI is InChI=1S/C29H32FN5O4/c1-17-4-3-5-19(14-17)24(16-36)33-27(37)18(2)35-15-20-6-7-22(26(30)25(20)28(35)38)23-8-11-31-29(34-23)32-21-9-12-39-13-10-21/h3-8,11,14,18,21,24,36H,9-10,12-13,15-16H2,1-2H3,(H,33,37)(H,31,32,34)/t18?,24-/m1/s1. The number of benzene rings is 2. The van der Waals surface area contributed by atoms with E-state index in [-0.39, 0.29) is 30.3 Å². The van der Waals surface area contributed by atoms with E-state index < -0.39 is 29.7 Å². The number of nitrogens with one attached hydrogen (secondary N) is 2. The fourth-order valence-corrected chi connectivity index (χ4v) is 5.05. The number of amides is 2. The van der Waals surface area contributed by atoms with Crippen LogP contribution in [-0.4, -0.2) is 63.7 Å². The fraction of sp³-hybridized carbons (Fsp3) is 0.379. The van der Waals surface area contributed by atoms with Crippen LogP contribution < -0.4 is 10.6 Å². The molecule has 0 bridgehead atoms. The highest BCUT2D eigenvalue weighted by molar-refractivity contribution is 6.02. The van der Waals surface area contributed by atoms with Crippen molar-refractivity contribution in [3.63, 3.8) is 0 Å². The van der Waals surface area contributed by atoms with Crippen molar-refractivity contribution in [2.24, 2.45) is 0 Å². The summed E-state index contributed by atoms with van der Waals surface area (Å²) < 4.78 is 21.2. The summed E-state index contributed by atoms with van der Waals surface area (Å²) in [7, 11) is 0. The summed E-state index contributed by atoms with van der Waals surface area (Å²) in [5.74, 6) is -1.27. The van der Waals surface area contributed by atoms with Gasteiger partial charge >= 0.3 is 0 Å². The molecule has 2 aromatic carbocycles. The van der Waals surface area contributed by atoms with Gasteiger partial charge in [0.05, 0.1) is 23.9 Å². The minimum Gasteiger partial charge on any atom is -0.394 e. The predicted molar refractivity (Wildman–Crippen MR) is 143 cm³/mol. The second-order valence-electron chi connectivity index (χ2n) is 10.0. The molecule has 39 heavy (non-hydrogen) atoms. The van der Waals surface area contributed by atoms with Crippen LogP contribution in [0, 0.1) is 12.7 Å². The number of ether oxygens (including phenoxy) is 1. The van der Waals surface area contributed by atoms with Gasteiger partial charge in [-0.1, -0.05) is 35.9 Å². The maximum Gasteiger partial charge on any atom is 0.258 e. The number of halogens is 1. The first-order valence-corrected chi connectivity index (χ1v) is 13.1. The first-order valence-electron chi connectivity index (χ1n) is 13.1. The number of carbonyl (C=O) groups excluding carboxylic acids is 2. The summed E-state index contributed by atoms with van der Waals surface area (Å²) in [6, 6.07) is 11.1. The molecule has 0 aliphatic carbocycles. The lowest BCUT2D eigenvalue weighted by Crippen LogP contribution is -2.46. The third-order valence-corrected chi connectivity index (χ3v) is 7.32. The highest BCUT2D eigenvalue weighted by Crippen LogP contribution is 2.33. The Morgan fingerprint density at radius 3 is 2.77 bits per heavy atom. The van der Waals surface area contributed by atoms with Gasteiger partial charge in [-0.15, -0.1) is 0 Å². The van der Waals surface area contributed by atoms with Crippen molar-refractivity contribution in [3.05, 3.63) is 76.7 Å². The van der Waals surface area contributed by atoms with Crippen LogP contribution in [0.1, 0.15) is 52.9 Å². The molecule has 3 N–H and O–H groups in total. The third-order valence-electron chi connectivity index (χ3n) is 7.32. The van der Waals surface area contributed by atoms with Gasteiger partial charge in [0, 0.05) is 37.6 Å². The number of nitrogens with zero attached hydrogens (tertiary/aromatic N) is 3. The summed E-state index contributed by atoms with van der Waals surface area (Å²) in [6.45, 7) is 4.67. The maximum absolute atomic E-state index is 15.8. The molecule has 0 radical (unpaired) electrons. The number of aliphatic hydroxyl groups excluding tert-OH is 1. The highest BCUT2D eigenvalue weighted by atomic mass is 19.1. The van der Waals surface area contributed by atoms with Crippen LogP contribution in [0.3, 0.4) is 0 Å². The Kier molecular flexibility index (Phi) is 7.85. The smallest absolute Gasteiger partial charge is 0.258 e. The molecule has 10 heteroatoms. The molecule has 0 spiro atoms. The summed E-state index contributed by atoms with van der Waals surface area (Å²) >= 11 is 0. The number of anilines is 1. The molecule has 1 saturated heterocycles. The van der Waals surface area contributed by atoms with Gasteiger partial charge in [-0.3, -0.25) is 9.59 Å². The Bertz CT molecular complexity index is 1380. The van der Waals surface area contributed by atoms with Gasteiger partial charge in [-0.05, 0) is 49.9 Å². The van der Waals surface area contributed by atoms with Gasteiger partial charge in [0.1, 0.15) is 11.9 Å². The molecule has 1 fully saturated rings. The van der Waals surface area contributed by atoms with Gasteiger partial charge in [0.2, 0.25) is 11.9 Å². The number of aromatic nitrogens is 2. The molecular formula is C29H32FN5O4. The molecule has 2 atom stereocenters. The van der Waals surface area contributed by atoms with Crippen molar-refractivity contribution in [2.45, 2.75) is 51.4 Å². The normalized spacial score (nSPS) is 17.0. The number of carbonyl (C=O) groups is 2. The van der Waals surface area contributed by atoms with Crippen molar-refractivity contribution >= 4 is 17.8 Å². The van der Waals surface area contributed by atoms with Crippen LogP contribution in [0.5, 0.6) is 0 Å². The van der Waals surface area contributed by atoms with Crippen molar-refractivity contribution in [3.8, 4) is 11.3 Å². The monoisotopic (exact) mass is 533 g/mol. The predicted octanol–water partition coefficient (Wildman–Crippen LogP) is 3.38. The number of rotatable bonds is 8. The number of hydrogen-bond donors (Lipinski definition) is 3. The summed E-state index contributed by atoms with van der Waals surface area (Å²) in [5.41, 5.74) is 2.77. The number of fused-ring (bicyclic) bond motifs is 1. The fourth-order valence-electron chi connectivity index (χ4n) is 5.05. The van der Waals surface area contributed by atoms with Crippen molar-refractivity contribution < 1.29 is 23.8 Å². The van der Waals surface area contributed by atoms with Gasteiger partial charge < -0.3 is 25.4 Å². The zero-order valence-corrected chi connectivity index (χ0v) is 22.0. The van der Waals surface area contributed by atoms with E-state index in [9.17, 15) is 14.7 Å². The number of hydrogen-bond acceptors (Lipinski definition) is 7. The lowest BCUT2D eigenvalue weighted by molar-refractivity contribution is -0.126. The highest BCUT2D eigenvalue weighted by Gasteiger charge is 2.37. The average molecular weight is 534 g/mol. The molecule has 1 aromatic heterocycles. The van der Waals surface area contributed by atoms with E-state index in [2.05, 4.69) is 20.6 Å². The molecule has 2 aliphatic heterocycles.